The molecule has 0 unspecified atom stereocenters. The molecule has 1 aromatic rings. The predicted molar refractivity (Wildman–Crippen MR) is 81.3 cm³/mol. The van der Waals surface area contributed by atoms with Crippen LogP contribution in [0.3, 0.4) is 0 Å². The maximum atomic E-state index is 11.6. The van der Waals surface area contributed by atoms with Crippen molar-refractivity contribution in [3.8, 4) is 0 Å². The highest BCUT2D eigenvalue weighted by molar-refractivity contribution is 7.89. The molecule has 0 aliphatic carbocycles. The summed E-state index contributed by atoms with van der Waals surface area (Å²) in [7, 11) is -3.11. The average Bonchev–Trinajstić information content (AvgIpc) is 2.72. The Morgan fingerprint density at radius 1 is 1.48 bits per heavy atom. The van der Waals surface area contributed by atoms with Crippen LogP contribution in [-0.4, -0.2) is 43.0 Å². The Morgan fingerprint density at radius 2 is 2.19 bits per heavy atom. The highest BCUT2D eigenvalue weighted by Gasteiger charge is 2.27. The van der Waals surface area contributed by atoms with Crippen LogP contribution in [0.4, 0.5) is 11.4 Å². The first-order valence-electron chi connectivity index (χ1n) is 6.47. The summed E-state index contributed by atoms with van der Waals surface area (Å²) in [6, 6.07) is 2.89. The van der Waals surface area contributed by atoms with E-state index in [1.165, 1.54) is 10.4 Å². The monoisotopic (exact) mass is 333 g/mol. The summed E-state index contributed by atoms with van der Waals surface area (Å²) in [4.78, 5) is 10.3. The molecule has 1 aliphatic heterocycles. The Kier molecular flexibility index (Phi) is 4.70. The lowest BCUT2D eigenvalue weighted by atomic mass is 10.2. The second kappa shape index (κ2) is 6.17. The summed E-state index contributed by atoms with van der Waals surface area (Å²) in [5.41, 5.74) is 1.03. The largest absolute Gasteiger partial charge is 0.383 e. The number of hydrogen-bond acceptors (Lipinski definition) is 5. The zero-order valence-corrected chi connectivity index (χ0v) is 13.1. The molecule has 0 radical (unpaired) electrons. The van der Waals surface area contributed by atoms with E-state index in [1.807, 2.05) is 0 Å². The van der Waals surface area contributed by atoms with Gasteiger partial charge >= 0.3 is 0 Å². The molecule has 1 fully saturated rings. The van der Waals surface area contributed by atoms with Crippen molar-refractivity contribution < 1.29 is 13.3 Å². The lowest BCUT2D eigenvalue weighted by Gasteiger charge is -2.15. The SMILES string of the molecule is Cc1cc(NCCN2CCCS2(=O)=O)c(Cl)cc1[N+](=O)[O-]. The maximum Gasteiger partial charge on any atom is 0.273 e. The van der Waals surface area contributed by atoms with Crippen LogP contribution in [0.15, 0.2) is 12.1 Å². The smallest absolute Gasteiger partial charge is 0.273 e. The molecule has 9 heteroatoms. The van der Waals surface area contributed by atoms with Gasteiger partial charge in [-0.05, 0) is 19.4 Å². The van der Waals surface area contributed by atoms with Gasteiger partial charge in [0, 0.05) is 31.3 Å². The lowest BCUT2D eigenvalue weighted by molar-refractivity contribution is -0.385. The Hall–Kier alpha value is -1.38. The molecule has 0 amide bonds. The molecule has 1 heterocycles. The third kappa shape index (κ3) is 3.63. The fraction of sp³-hybridized carbons (Fsp3) is 0.500. The van der Waals surface area contributed by atoms with Crippen molar-refractivity contribution in [2.75, 3.05) is 30.7 Å². The minimum Gasteiger partial charge on any atom is -0.383 e. The fourth-order valence-electron chi connectivity index (χ4n) is 2.26. The number of anilines is 1. The molecule has 0 atom stereocenters. The van der Waals surface area contributed by atoms with E-state index in [2.05, 4.69) is 5.32 Å². The molecule has 1 saturated heterocycles. The minimum absolute atomic E-state index is 0.0346. The topological polar surface area (TPSA) is 92.6 Å². The zero-order chi connectivity index (χ0) is 15.6. The van der Waals surface area contributed by atoms with Gasteiger partial charge < -0.3 is 5.32 Å². The van der Waals surface area contributed by atoms with Crippen molar-refractivity contribution in [1.29, 1.82) is 0 Å². The number of hydrogen-bond donors (Lipinski definition) is 1. The molecule has 1 aromatic carbocycles. The van der Waals surface area contributed by atoms with Crippen molar-refractivity contribution in [1.82, 2.24) is 4.31 Å². The van der Waals surface area contributed by atoms with Gasteiger partial charge in [-0.15, -0.1) is 0 Å². The van der Waals surface area contributed by atoms with E-state index in [1.54, 1.807) is 13.0 Å². The molecule has 2 rings (SSSR count). The minimum atomic E-state index is -3.11. The van der Waals surface area contributed by atoms with E-state index < -0.39 is 14.9 Å². The van der Waals surface area contributed by atoms with Crippen LogP contribution in [0, 0.1) is 17.0 Å². The van der Waals surface area contributed by atoms with Crippen LogP contribution >= 0.6 is 11.6 Å². The second-order valence-corrected chi connectivity index (χ2v) is 7.37. The van der Waals surface area contributed by atoms with Crippen LogP contribution in [0.5, 0.6) is 0 Å². The summed E-state index contributed by atoms with van der Waals surface area (Å²) in [5, 5.41) is 14.1. The summed E-state index contributed by atoms with van der Waals surface area (Å²) >= 11 is 6.00. The maximum absolute atomic E-state index is 11.6. The standard InChI is InChI=1S/C12H16ClN3O4S/c1-9-7-11(10(13)8-12(9)16(17)18)14-3-5-15-4-2-6-21(15,19)20/h7-8,14H,2-6H2,1H3. The normalized spacial score (nSPS) is 17.8. The van der Waals surface area contributed by atoms with Crippen molar-refractivity contribution in [2.24, 2.45) is 0 Å². The fourth-order valence-corrected chi connectivity index (χ4v) is 4.01. The average molecular weight is 334 g/mol. The van der Waals surface area contributed by atoms with Gasteiger partial charge in [-0.3, -0.25) is 10.1 Å². The van der Waals surface area contributed by atoms with Gasteiger partial charge in [0.15, 0.2) is 0 Å². The zero-order valence-electron chi connectivity index (χ0n) is 11.5. The summed E-state index contributed by atoms with van der Waals surface area (Å²) in [6.07, 6.45) is 0.653. The number of aryl methyl sites for hydroxylation is 1. The molecule has 1 aliphatic rings. The molecular formula is C12H16ClN3O4S. The van der Waals surface area contributed by atoms with E-state index >= 15 is 0 Å². The van der Waals surface area contributed by atoms with E-state index in [-0.39, 0.29) is 16.5 Å². The Bertz CT molecular complexity index is 663. The number of nitro groups is 1. The summed E-state index contributed by atoms with van der Waals surface area (Å²) < 4.78 is 24.7. The number of halogens is 1. The predicted octanol–water partition coefficient (Wildman–Crippen LogP) is 2.00. The summed E-state index contributed by atoms with van der Waals surface area (Å²) in [6.45, 7) is 2.92. The van der Waals surface area contributed by atoms with Crippen molar-refractivity contribution in [2.45, 2.75) is 13.3 Å². The van der Waals surface area contributed by atoms with Gasteiger partial charge in [0.25, 0.3) is 5.69 Å². The number of nitrogens with zero attached hydrogens (tertiary/aromatic N) is 2. The van der Waals surface area contributed by atoms with E-state index in [4.69, 9.17) is 11.6 Å². The van der Waals surface area contributed by atoms with Crippen molar-refractivity contribution in [3.05, 3.63) is 32.8 Å². The molecule has 21 heavy (non-hydrogen) atoms. The summed E-state index contributed by atoms with van der Waals surface area (Å²) in [5.74, 6) is 0.199. The van der Waals surface area contributed by atoms with Crippen molar-refractivity contribution in [3.63, 3.8) is 0 Å². The van der Waals surface area contributed by atoms with E-state index in [0.717, 1.165) is 0 Å². The quantitative estimate of drug-likeness (QED) is 0.657. The third-order valence-corrected chi connectivity index (χ3v) is 5.63. The van der Waals surface area contributed by atoms with Gasteiger partial charge in [0.2, 0.25) is 10.0 Å². The van der Waals surface area contributed by atoms with Crippen molar-refractivity contribution >= 4 is 33.0 Å². The molecule has 1 N–H and O–H groups in total. The Balaban J connectivity index is 2.01. The van der Waals surface area contributed by atoms with Gasteiger partial charge in [-0.2, -0.15) is 0 Å². The van der Waals surface area contributed by atoms with E-state index in [0.29, 0.717) is 37.3 Å². The molecule has 0 aromatic heterocycles. The number of nitrogens with one attached hydrogen (secondary N) is 1. The van der Waals surface area contributed by atoms with Crippen LogP contribution < -0.4 is 5.32 Å². The first-order chi connectivity index (χ1) is 9.81. The Morgan fingerprint density at radius 3 is 2.76 bits per heavy atom. The number of benzene rings is 1. The first-order valence-corrected chi connectivity index (χ1v) is 8.46. The molecule has 0 saturated carbocycles. The highest BCUT2D eigenvalue weighted by atomic mass is 35.5. The number of rotatable bonds is 5. The third-order valence-electron chi connectivity index (χ3n) is 3.36. The van der Waals surface area contributed by atoms with Crippen LogP contribution in [0.1, 0.15) is 12.0 Å². The number of sulfonamides is 1. The van der Waals surface area contributed by atoms with Gasteiger partial charge in [0.05, 0.1) is 21.4 Å². The molecule has 0 bridgehead atoms. The van der Waals surface area contributed by atoms with Crippen LogP contribution in [0.25, 0.3) is 0 Å². The van der Waals surface area contributed by atoms with E-state index in [9.17, 15) is 18.5 Å². The highest BCUT2D eigenvalue weighted by Crippen LogP contribution is 2.30. The Labute approximate surface area is 128 Å². The van der Waals surface area contributed by atoms with Gasteiger partial charge in [-0.25, -0.2) is 12.7 Å². The molecule has 0 spiro atoms. The lowest BCUT2D eigenvalue weighted by Crippen LogP contribution is -2.30. The van der Waals surface area contributed by atoms with Gasteiger partial charge in [0.1, 0.15) is 0 Å². The molecule has 7 nitrogen and oxygen atoms in total. The molecular weight excluding hydrogens is 318 g/mol. The van der Waals surface area contributed by atoms with Gasteiger partial charge in [-0.1, -0.05) is 11.6 Å². The van der Waals surface area contributed by atoms with Crippen LogP contribution in [-0.2, 0) is 10.0 Å². The molecule has 116 valence electrons. The number of nitro benzene ring substituents is 1. The second-order valence-electron chi connectivity index (χ2n) is 4.87. The first kappa shape index (κ1) is 16.0. The van der Waals surface area contributed by atoms with Crippen LogP contribution in [0.2, 0.25) is 5.02 Å².